The van der Waals surface area contributed by atoms with Gasteiger partial charge in [0.05, 0.1) is 15.9 Å². The van der Waals surface area contributed by atoms with Crippen molar-refractivity contribution in [1.29, 1.82) is 0 Å². The molecule has 1 aliphatic heterocycles. The Bertz CT molecular complexity index is 498. The van der Waals surface area contributed by atoms with E-state index < -0.39 is 15.6 Å². The molecule has 1 aromatic heterocycles. The van der Waals surface area contributed by atoms with Crippen molar-refractivity contribution in [2.24, 2.45) is 0 Å². The largest absolute Gasteiger partial charge is 0.379 e. The number of hydrogen-bond acceptors (Lipinski definition) is 4. The second kappa shape index (κ2) is 4.62. The summed E-state index contributed by atoms with van der Waals surface area (Å²) in [6.45, 7) is 4.77. The zero-order valence-electron chi connectivity index (χ0n) is 9.62. The second-order valence-corrected chi connectivity index (χ2v) is 8.77. The molecule has 7 heteroatoms. The van der Waals surface area contributed by atoms with Crippen molar-refractivity contribution in [3.63, 3.8) is 0 Å². The maximum absolute atomic E-state index is 12.2. The van der Waals surface area contributed by atoms with E-state index >= 15 is 0 Å². The van der Waals surface area contributed by atoms with Crippen LogP contribution in [-0.4, -0.2) is 27.2 Å². The van der Waals surface area contributed by atoms with Gasteiger partial charge in [-0.05, 0) is 47.8 Å². The van der Waals surface area contributed by atoms with Gasteiger partial charge in [-0.1, -0.05) is 0 Å². The topological polar surface area (TPSA) is 55.4 Å². The van der Waals surface area contributed by atoms with E-state index in [1.54, 1.807) is 6.07 Å². The summed E-state index contributed by atoms with van der Waals surface area (Å²) < 4.78 is 33.5. The number of nitrogens with one attached hydrogen (secondary N) is 1. The van der Waals surface area contributed by atoms with Crippen LogP contribution in [0.3, 0.4) is 0 Å². The fraction of sp³-hybridized carbons (Fsp3) is 0.600. The van der Waals surface area contributed by atoms with Crippen LogP contribution in [0.15, 0.2) is 14.1 Å². The van der Waals surface area contributed by atoms with Crippen LogP contribution in [0.5, 0.6) is 0 Å². The lowest BCUT2D eigenvalue weighted by molar-refractivity contribution is 0.178. The Kier molecular flexibility index (Phi) is 3.66. The van der Waals surface area contributed by atoms with E-state index in [2.05, 4.69) is 20.7 Å². The zero-order valence-corrected chi connectivity index (χ0v) is 12.8. The first-order valence-electron chi connectivity index (χ1n) is 5.20. The van der Waals surface area contributed by atoms with Crippen molar-refractivity contribution in [1.82, 2.24) is 4.72 Å². The highest BCUT2D eigenvalue weighted by Crippen LogP contribution is 2.31. The average molecular weight is 340 g/mol. The Hall–Kier alpha value is 0.0500. The van der Waals surface area contributed by atoms with Crippen molar-refractivity contribution < 1.29 is 13.2 Å². The molecule has 1 saturated heterocycles. The van der Waals surface area contributed by atoms with Crippen LogP contribution in [0.2, 0.25) is 0 Å². The van der Waals surface area contributed by atoms with Gasteiger partial charge >= 0.3 is 0 Å². The number of hydrogen-bond donors (Lipinski definition) is 1. The first-order valence-corrected chi connectivity index (χ1v) is 8.29. The summed E-state index contributed by atoms with van der Waals surface area (Å²) in [4.78, 5) is 0. The minimum atomic E-state index is -3.45. The molecular weight excluding hydrogens is 326 g/mol. The predicted molar refractivity (Wildman–Crippen MR) is 70.9 cm³/mol. The SMILES string of the molecule is Cc1cc(S(=O)(=O)NC2(C)CCOC2)sc1Br. The van der Waals surface area contributed by atoms with Crippen LogP contribution in [0, 0.1) is 6.92 Å². The van der Waals surface area contributed by atoms with Gasteiger partial charge in [-0.15, -0.1) is 11.3 Å². The van der Waals surface area contributed by atoms with Crippen LogP contribution >= 0.6 is 27.3 Å². The molecule has 2 heterocycles. The molecule has 1 aromatic rings. The summed E-state index contributed by atoms with van der Waals surface area (Å²) in [5.41, 5.74) is 0.451. The van der Waals surface area contributed by atoms with Gasteiger partial charge in [0.15, 0.2) is 0 Å². The van der Waals surface area contributed by atoms with Crippen LogP contribution in [0.4, 0.5) is 0 Å². The van der Waals surface area contributed by atoms with Gasteiger partial charge in [-0.3, -0.25) is 0 Å². The van der Waals surface area contributed by atoms with Gasteiger partial charge < -0.3 is 4.74 Å². The van der Waals surface area contributed by atoms with Gasteiger partial charge in [0.2, 0.25) is 0 Å². The number of sulfonamides is 1. The van der Waals surface area contributed by atoms with Gasteiger partial charge in [0, 0.05) is 6.61 Å². The van der Waals surface area contributed by atoms with Crippen LogP contribution in [-0.2, 0) is 14.8 Å². The molecule has 96 valence electrons. The molecule has 0 radical (unpaired) electrons. The Morgan fingerprint density at radius 1 is 1.59 bits per heavy atom. The maximum Gasteiger partial charge on any atom is 0.250 e. The van der Waals surface area contributed by atoms with Crippen molar-refractivity contribution >= 4 is 37.3 Å². The molecule has 1 fully saturated rings. The molecule has 0 spiro atoms. The van der Waals surface area contributed by atoms with Crippen molar-refractivity contribution in [2.75, 3.05) is 13.2 Å². The normalized spacial score (nSPS) is 25.4. The van der Waals surface area contributed by atoms with E-state index in [1.807, 2.05) is 13.8 Å². The molecule has 1 atom stereocenters. The van der Waals surface area contributed by atoms with Crippen LogP contribution < -0.4 is 4.72 Å². The molecule has 17 heavy (non-hydrogen) atoms. The molecule has 2 rings (SSSR count). The molecule has 1 N–H and O–H groups in total. The lowest BCUT2D eigenvalue weighted by Crippen LogP contribution is -2.46. The number of aryl methyl sites for hydroxylation is 1. The number of ether oxygens (including phenoxy) is 1. The summed E-state index contributed by atoms with van der Waals surface area (Å²) in [5, 5.41) is 0. The van der Waals surface area contributed by atoms with Crippen LogP contribution in [0.1, 0.15) is 18.9 Å². The number of thiophene rings is 1. The molecule has 4 nitrogen and oxygen atoms in total. The summed E-state index contributed by atoms with van der Waals surface area (Å²) in [6, 6.07) is 1.68. The van der Waals surface area contributed by atoms with E-state index in [1.165, 1.54) is 11.3 Å². The molecule has 0 aromatic carbocycles. The van der Waals surface area contributed by atoms with Crippen LogP contribution in [0.25, 0.3) is 0 Å². The molecule has 0 aliphatic carbocycles. The molecule has 1 aliphatic rings. The summed E-state index contributed by atoms with van der Waals surface area (Å²) in [7, 11) is -3.45. The first kappa shape index (κ1) is 13.5. The standard InChI is InChI=1S/C10H14BrNO3S2/c1-7-5-8(16-9(7)11)17(13,14)12-10(2)3-4-15-6-10/h5,12H,3-4,6H2,1-2H3. The van der Waals surface area contributed by atoms with E-state index in [4.69, 9.17) is 4.74 Å². The smallest absolute Gasteiger partial charge is 0.250 e. The molecule has 0 saturated carbocycles. The summed E-state index contributed by atoms with van der Waals surface area (Å²) in [6.07, 6.45) is 0.706. The number of halogens is 1. The maximum atomic E-state index is 12.2. The average Bonchev–Trinajstić information content (AvgIpc) is 2.74. The fourth-order valence-electron chi connectivity index (χ4n) is 1.69. The number of rotatable bonds is 3. The van der Waals surface area contributed by atoms with Crippen molar-refractivity contribution in [2.45, 2.75) is 30.0 Å². The molecular formula is C10H14BrNO3S2. The highest BCUT2D eigenvalue weighted by atomic mass is 79.9. The molecule has 1 unspecified atom stereocenters. The predicted octanol–water partition coefficient (Wildman–Crippen LogP) is 2.28. The summed E-state index contributed by atoms with van der Waals surface area (Å²) >= 11 is 4.57. The first-order chi connectivity index (χ1) is 7.82. The lowest BCUT2D eigenvalue weighted by atomic mass is 10.0. The third-order valence-electron chi connectivity index (χ3n) is 2.70. The van der Waals surface area contributed by atoms with E-state index in [0.29, 0.717) is 23.8 Å². The molecule has 0 bridgehead atoms. The minimum Gasteiger partial charge on any atom is -0.379 e. The highest BCUT2D eigenvalue weighted by Gasteiger charge is 2.35. The summed E-state index contributed by atoms with van der Waals surface area (Å²) in [5.74, 6) is 0. The quantitative estimate of drug-likeness (QED) is 0.918. The highest BCUT2D eigenvalue weighted by molar-refractivity contribution is 9.11. The Labute approximate surface area is 114 Å². The van der Waals surface area contributed by atoms with E-state index in [-0.39, 0.29) is 0 Å². The van der Waals surface area contributed by atoms with Gasteiger partial charge in [-0.2, -0.15) is 0 Å². The fourth-order valence-corrected chi connectivity index (χ4v) is 5.33. The van der Waals surface area contributed by atoms with Crippen molar-refractivity contribution in [3.05, 3.63) is 15.4 Å². The van der Waals surface area contributed by atoms with Crippen molar-refractivity contribution in [3.8, 4) is 0 Å². The third-order valence-corrected chi connectivity index (χ3v) is 6.95. The van der Waals surface area contributed by atoms with Gasteiger partial charge in [0.25, 0.3) is 10.0 Å². The molecule has 0 amide bonds. The lowest BCUT2D eigenvalue weighted by Gasteiger charge is -2.22. The second-order valence-electron chi connectivity index (χ2n) is 4.49. The van der Waals surface area contributed by atoms with E-state index in [0.717, 1.165) is 9.35 Å². The van der Waals surface area contributed by atoms with Gasteiger partial charge in [0.1, 0.15) is 4.21 Å². The zero-order chi connectivity index (χ0) is 12.7. The Morgan fingerprint density at radius 3 is 2.76 bits per heavy atom. The minimum absolute atomic E-state index is 0.343. The monoisotopic (exact) mass is 339 g/mol. The van der Waals surface area contributed by atoms with E-state index in [9.17, 15) is 8.42 Å². The Morgan fingerprint density at radius 2 is 2.29 bits per heavy atom. The third kappa shape index (κ3) is 2.90. The van der Waals surface area contributed by atoms with Gasteiger partial charge in [-0.25, -0.2) is 13.1 Å². The Balaban J connectivity index is 2.24.